The van der Waals surface area contributed by atoms with Gasteiger partial charge in [-0.1, -0.05) is 13.8 Å². The Morgan fingerprint density at radius 1 is 1.06 bits per heavy atom. The van der Waals surface area contributed by atoms with E-state index in [9.17, 15) is 9.59 Å². The molecule has 0 amide bonds. The van der Waals surface area contributed by atoms with E-state index in [4.69, 9.17) is 9.47 Å². The second-order valence-electron chi connectivity index (χ2n) is 3.75. The fraction of sp³-hybridized carbons (Fsp3) is 0.778. The van der Waals surface area contributed by atoms with E-state index in [0.29, 0.717) is 0 Å². The zero-order valence-corrected chi connectivity index (χ0v) is 14.3. The van der Waals surface area contributed by atoms with Crippen LogP contribution in [0.4, 0.5) is 0 Å². The van der Waals surface area contributed by atoms with Gasteiger partial charge in [0.05, 0.1) is 16.9 Å². The summed E-state index contributed by atoms with van der Waals surface area (Å²) in [5.41, 5.74) is -0.642. The first kappa shape index (κ1) is 17.6. The van der Waals surface area contributed by atoms with Crippen molar-refractivity contribution in [3.63, 3.8) is 0 Å². The first-order valence-electron chi connectivity index (χ1n) is 4.64. The maximum Gasteiger partial charge on any atom is 0.316 e. The fourth-order valence-corrected chi connectivity index (χ4v) is 2.11. The third-order valence-electron chi connectivity index (χ3n) is 1.90. The van der Waals surface area contributed by atoms with Crippen molar-refractivity contribution in [1.29, 1.82) is 0 Å². The number of rotatable bonds is 6. The highest BCUT2D eigenvalue weighted by Crippen LogP contribution is 2.36. The molecule has 0 fully saturated rings. The Bertz CT molecular complexity index is 260. The predicted molar refractivity (Wildman–Crippen MR) is 79.1 cm³/mol. The molecule has 0 rings (SSSR count). The third-order valence-corrected chi connectivity index (χ3v) is 5.15. The monoisotopic (exact) mass is 408 g/mol. The zero-order valence-electron chi connectivity index (χ0n) is 9.35. The highest BCUT2D eigenvalue weighted by Gasteiger charge is 2.39. The minimum Gasteiger partial charge on any atom is -0.449 e. The number of halogens is 2. The van der Waals surface area contributed by atoms with Crippen molar-refractivity contribution in [2.75, 3.05) is 11.5 Å². The van der Waals surface area contributed by atoms with Crippen molar-refractivity contribution >= 4 is 69.1 Å². The van der Waals surface area contributed by atoms with Gasteiger partial charge in [0.2, 0.25) is 0 Å². The van der Waals surface area contributed by atoms with Crippen LogP contribution < -0.4 is 0 Å². The lowest BCUT2D eigenvalue weighted by atomic mass is 9.96. The Morgan fingerprint density at radius 2 is 1.35 bits per heavy atom. The van der Waals surface area contributed by atoms with E-state index in [-0.39, 0.29) is 11.5 Å². The normalized spacial score (nSPS) is 14.9. The van der Waals surface area contributed by atoms with Gasteiger partial charge in [0.15, 0.2) is 10.0 Å². The number of carbonyl (C=O) groups excluding carboxylic acids is 2. The molecule has 0 radical (unpaired) electrons. The molecule has 0 heterocycles. The number of carbonyl (C=O) groups is 2. The predicted octanol–water partition coefficient (Wildman–Crippen LogP) is 2.40. The summed E-state index contributed by atoms with van der Waals surface area (Å²) in [6.45, 7) is 3.56. The SMILES string of the molecule is CC(C)(C(Br)OC(=O)CS)C(Br)OC(=O)CS. The van der Waals surface area contributed by atoms with Crippen molar-refractivity contribution in [2.24, 2.45) is 5.41 Å². The summed E-state index contributed by atoms with van der Waals surface area (Å²) >= 11 is 14.1. The van der Waals surface area contributed by atoms with Gasteiger partial charge in [-0.05, 0) is 31.9 Å². The minimum absolute atomic E-state index is 0.0123. The molecule has 0 aromatic heterocycles. The van der Waals surface area contributed by atoms with E-state index < -0.39 is 27.4 Å². The molecule has 17 heavy (non-hydrogen) atoms. The van der Waals surface area contributed by atoms with E-state index in [1.54, 1.807) is 13.8 Å². The van der Waals surface area contributed by atoms with Crippen LogP contribution in [0.15, 0.2) is 0 Å². The van der Waals surface area contributed by atoms with Gasteiger partial charge in [-0.15, -0.1) is 0 Å². The molecule has 0 spiro atoms. The molecule has 4 nitrogen and oxygen atoms in total. The molecule has 0 aliphatic carbocycles. The number of thiol groups is 2. The standard InChI is InChI=1S/C9H14Br2O4S2/c1-9(2,7(10)14-5(12)3-16)8(11)15-6(13)4-17/h7-8,16-17H,3-4H2,1-2H3. The van der Waals surface area contributed by atoms with Gasteiger partial charge >= 0.3 is 11.9 Å². The van der Waals surface area contributed by atoms with Crippen LogP contribution in [0.5, 0.6) is 0 Å². The van der Waals surface area contributed by atoms with Crippen molar-refractivity contribution in [3.05, 3.63) is 0 Å². The van der Waals surface area contributed by atoms with E-state index in [2.05, 4.69) is 57.1 Å². The lowest BCUT2D eigenvalue weighted by Crippen LogP contribution is -2.39. The highest BCUT2D eigenvalue weighted by atomic mass is 79.9. The average molecular weight is 410 g/mol. The number of hydrogen-bond acceptors (Lipinski definition) is 6. The van der Waals surface area contributed by atoms with E-state index in [0.717, 1.165) is 0 Å². The second-order valence-corrected chi connectivity index (χ2v) is 6.05. The fourth-order valence-electron chi connectivity index (χ4n) is 0.712. The van der Waals surface area contributed by atoms with E-state index in [1.807, 2.05) is 0 Å². The molecule has 0 N–H and O–H groups in total. The van der Waals surface area contributed by atoms with Crippen molar-refractivity contribution < 1.29 is 19.1 Å². The van der Waals surface area contributed by atoms with Crippen LogP contribution in [0.2, 0.25) is 0 Å². The molecule has 0 aliphatic heterocycles. The lowest BCUT2D eigenvalue weighted by Gasteiger charge is -2.33. The first-order valence-corrected chi connectivity index (χ1v) is 7.74. The summed E-state index contributed by atoms with van der Waals surface area (Å²) in [7, 11) is 0. The summed E-state index contributed by atoms with van der Waals surface area (Å²) in [6.07, 6.45) is 0. The molecule has 2 unspecified atom stereocenters. The van der Waals surface area contributed by atoms with Crippen LogP contribution >= 0.6 is 57.1 Å². The Kier molecular flexibility index (Phi) is 8.19. The number of esters is 2. The van der Waals surface area contributed by atoms with Crippen LogP contribution in [0.25, 0.3) is 0 Å². The topological polar surface area (TPSA) is 52.6 Å². The van der Waals surface area contributed by atoms with Gasteiger partial charge in [-0.25, -0.2) is 0 Å². The van der Waals surface area contributed by atoms with E-state index >= 15 is 0 Å². The van der Waals surface area contributed by atoms with Crippen LogP contribution in [0.3, 0.4) is 0 Å². The minimum atomic E-state index is -0.642. The number of hydrogen-bond donors (Lipinski definition) is 2. The van der Waals surface area contributed by atoms with Crippen molar-refractivity contribution in [2.45, 2.75) is 23.9 Å². The molecule has 0 aliphatic rings. The Hall–Kier alpha value is 0.600. The molecule has 0 aromatic rings. The van der Waals surface area contributed by atoms with E-state index in [1.165, 1.54) is 0 Å². The lowest BCUT2D eigenvalue weighted by molar-refractivity contribution is -0.152. The Morgan fingerprint density at radius 3 is 1.59 bits per heavy atom. The molecule has 8 heteroatoms. The second kappa shape index (κ2) is 7.91. The van der Waals surface area contributed by atoms with Crippen LogP contribution in [0.1, 0.15) is 13.8 Å². The third kappa shape index (κ3) is 5.85. The Labute approximate surface area is 128 Å². The summed E-state index contributed by atoms with van der Waals surface area (Å²) < 4.78 is 10.1. The zero-order chi connectivity index (χ0) is 13.6. The Balaban J connectivity index is 4.52. The summed E-state index contributed by atoms with van der Waals surface area (Å²) in [5.74, 6) is -0.935. The molecule has 2 atom stereocenters. The molecule has 100 valence electrons. The molecule has 0 saturated heterocycles. The van der Waals surface area contributed by atoms with Gasteiger partial charge < -0.3 is 9.47 Å². The van der Waals surface area contributed by atoms with Crippen LogP contribution in [0, 0.1) is 5.41 Å². The summed E-state index contributed by atoms with van der Waals surface area (Å²) in [6, 6.07) is 0. The molecule has 0 saturated carbocycles. The average Bonchev–Trinajstić information content (AvgIpc) is 2.28. The molecule has 0 bridgehead atoms. The largest absolute Gasteiger partial charge is 0.449 e. The highest BCUT2D eigenvalue weighted by molar-refractivity contribution is 9.10. The number of ether oxygens (including phenoxy) is 2. The van der Waals surface area contributed by atoms with Gasteiger partial charge in [0, 0.05) is 0 Å². The first-order chi connectivity index (χ1) is 7.75. The smallest absolute Gasteiger partial charge is 0.316 e. The molecule has 0 aromatic carbocycles. The summed E-state index contributed by atoms with van der Waals surface area (Å²) in [5, 5.41) is -1.21. The maximum absolute atomic E-state index is 11.1. The van der Waals surface area contributed by atoms with Crippen LogP contribution in [-0.4, -0.2) is 33.5 Å². The summed E-state index contributed by atoms with van der Waals surface area (Å²) in [4.78, 5) is 22.2. The number of alkyl halides is 2. The van der Waals surface area contributed by atoms with Crippen molar-refractivity contribution in [1.82, 2.24) is 0 Å². The maximum atomic E-state index is 11.1. The molecular weight excluding hydrogens is 396 g/mol. The van der Waals surface area contributed by atoms with Gasteiger partial charge in [0.25, 0.3) is 0 Å². The van der Waals surface area contributed by atoms with Crippen LogP contribution in [-0.2, 0) is 19.1 Å². The van der Waals surface area contributed by atoms with Gasteiger partial charge in [-0.2, -0.15) is 25.3 Å². The van der Waals surface area contributed by atoms with Crippen molar-refractivity contribution in [3.8, 4) is 0 Å². The molecular formula is C9H14Br2O4S2. The van der Waals surface area contributed by atoms with Gasteiger partial charge in [-0.3, -0.25) is 9.59 Å². The van der Waals surface area contributed by atoms with Gasteiger partial charge in [0.1, 0.15) is 0 Å². The quantitative estimate of drug-likeness (QED) is 0.401.